The number of allylic oxidation sites excluding steroid dienone is 1. The van der Waals surface area contributed by atoms with Gasteiger partial charge in [0.15, 0.2) is 0 Å². The van der Waals surface area contributed by atoms with Gasteiger partial charge in [0.05, 0.1) is 5.02 Å². The predicted molar refractivity (Wildman–Crippen MR) is 78.3 cm³/mol. The summed E-state index contributed by atoms with van der Waals surface area (Å²) in [6, 6.07) is 1.98. The number of hydrogen-bond acceptors (Lipinski definition) is 3. The second-order valence-electron chi connectivity index (χ2n) is 4.78. The standard InChI is InChI=1S/C14H20ClN3/c1-4-11(2)12-9-13(15)14(16-10-12)18-7-5-17(3)6-8-18/h9-10H,2,4-8H2,1,3H3. The molecule has 0 aromatic carbocycles. The fraction of sp³-hybridized carbons (Fsp3) is 0.500. The Bertz CT molecular complexity index is 437. The molecule has 0 N–H and O–H groups in total. The first-order valence-corrected chi connectivity index (χ1v) is 6.76. The van der Waals surface area contributed by atoms with Crippen LogP contribution >= 0.6 is 11.6 Å². The average molecular weight is 266 g/mol. The molecule has 2 heterocycles. The van der Waals surface area contributed by atoms with E-state index in [0.29, 0.717) is 0 Å². The fourth-order valence-corrected chi connectivity index (χ4v) is 2.36. The van der Waals surface area contributed by atoms with Gasteiger partial charge < -0.3 is 9.80 Å². The van der Waals surface area contributed by atoms with Gasteiger partial charge in [-0.25, -0.2) is 4.98 Å². The summed E-state index contributed by atoms with van der Waals surface area (Å²) >= 11 is 6.34. The van der Waals surface area contributed by atoms with Crippen molar-refractivity contribution < 1.29 is 0 Å². The third-order valence-electron chi connectivity index (χ3n) is 3.46. The van der Waals surface area contributed by atoms with E-state index in [1.807, 2.05) is 12.3 Å². The summed E-state index contributed by atoms with van der Waals surface area (Å²) in [6.45, 7) is 10.2. The van der Waals surface area contributed by atoms with Gasteiger partial charge in [0.1, 0.15) is 5.82 Å². The van der Waals surface area contributed by atoms with Crippen LogP contribution in [0.25, 0.3) is 5.57 Å². The number of halogens is 1. The van der Waals surface area contributed by atoms with Crippen LogP contribution in [0.1, 0.15) is 18.9 Å². The topological polar surface area (TPSA) is 19.4 Å². The van der Waals surface area contributed by atoms with Gasteiger partial charge in [-0.3, -0.25) is 0 Å². The number of anilines is 1. The van der Waals surface area contributed by atoms with Crippen LogP contribution < -0.4 is 4.90 Å². The third kappa shape index (κ3) is 2.85. The molecule has 18 heavy (non-hydrogen) atoms. The summed E-state index contributed by atoms with van der Waals surface area (Å²) in [5.41, 5.74) is 2.12. The first-order valence-electron chi connectivity index (χ1n) is 6.39. The molecule has 0 radical (unpaired) electrons. The first kappa shape index (κ1) is 13.4. The Labute approximate surface area is 114 Å². The van der Waals surface area contributed by atoms with Crippen molar-refractivity contribution in [2.45, 2.75) is 13.3 Å². The number of hydrogen-bond donors (Lipinski definition) is 0. The summed E-state index contributed by atoms with van der Waals surface area (Å²) in [5, 5.41) is 0.728. The van der Waals surface area contributed by atoms with Gasteiger partial charge in [0.25, 0.3) is 0 Å². The van der Waals surface area contributed by atoms with Gasteiger partial charge in [-0.2, -0.15) is 0 Å². The van der Waals surface area contributed by atoms with Gasteiger partial charge in [-0.05, 0) is 30.7 Å². The molecule has 0 spiro atoms. The molecule has 0 bridgehead atoms. The Morgan fingerprint density at radius 1 is 1.39 bits per heavy atom. The lowest BCUT2D eigenvalue weighted by Gasteiger charge is -2.33. The van der Waals surface area contributed by atoms with Crippen LogP contribution in [-0.4, -0.2) is 43.1 Å². The first-order chi connectivity index (χ1) is 8.61. The van der Waals surface area contributed by atoms with E-state index in [1.165, 1.54) is 0 Å². The Kier molecular flexibility index (Phi) is 4.25. The van der Waals surface area contributed by atoms with E-state index in [9.17, 15) is 0 Å². The lowest BCUT2D eigenvalue weighted by atomic mass is 10.1. The maximum atomic E-state index is 6.34. The zero-order chi connectivity index (χ0) is 13.1. The maximum absolute atomic E-state index is 6.34. The molecule has 98 valence electrons. The van der Waals surface area contributed by atoms with Gasteiger partial charge in [0, 0.05) is 32.4 Å². The molecular formula is C14H20ClN3. The Balaban J connectivity index is 2.17. The van der Waals surface area contributed by atoms with Crippen molar-refractivity contribution in [3.63, 3.8) is 0 Å². The Morgan fingerprint density at radius 3 is 2.61 bits per heavy atom. The lowest BCUT2D eigenvalue weighted by Crippen LogP contribution is -2.44. The van der Waals surface area contributed by atoms with E-state index in [-0.39, 0.29) is 0 Å². The molecule has 1 aliphatic heterocycles. The van der Waals surface area contributed by atoms with E-state index in [0.717, 1.165) is 54.6 Å². The van der Waals surface area contributed by atoms with Crippen LogP contribution in [0.15, 0.2) is 18.8 Å². The highest BCUT2D eigenvalue weighted by molar-refractivity contribution is 6.33. The second-order valence-corrected chi connectivity index (χ2v) is 5.18. The van der Waals surface area contributed by atoms with Crippen molar-refractivity contribution in [3.05, 3.63) is 29.4 Å². The number of aromatic nitrogens is 1. The zero-order valence-electron chi connectivity index (χ0n) is 11.1. The van der Waals surface area contributed by atoms with Gasteiger partial charge in [0.2, 0.25) is 0 Å². The highest BCUT2D eigenvalue weighted by Crippen LogP contribution is 2.27. The van der Waals surface area contributed by atoms with E-state index >= 15 is 0 Å². The second kappa shape index (κ2) is 5.72. The fourth-order valence-electron chi connectivity index (χ4n) is 2.08. The normalized spacial score (nSPS) is 16.9. The van der Waals surface area contributed by atoms with Crippen LogP contribution in [-0.2, 0) is 0 Å². The third-order valence-corrected chi connectivity index (χ3v) is 3.74. The van der Waals surface area contributed by atoms with E-state index in [1.54, 1.807) is 0 Å². The van der Waals surface area contributed by atoms with Crippen molar-refractivity contribution in [2.75, 3.05) is 38.1 Å². The van der Waals surface area contributed by atoms with Crippen LogP contribution in [0.3, 0.4) is 0 Å². The molecule has 0 amide bonds. The zero-order valence-corrected chi connectivity index (χ0v) is 11.9. The molecule has 1 fully saturated rings. The van der Waals surface area contributed by atoms with E-state index in [2.05, 4.69) is 35.3 Å². The molecule has 0 atom stereocenters. The highest BCUT2D eigenvalue weighted by atomic mass is 35.5. The van der Waals surface area contributed by atoms with Crippen molar-refractivity contribution >= 4 is 23.0 Å². The van der Waals surface area contributed by atoms with Crippen LogP contribution in [0, 0.1) is 0 Å². The summed E-state index contributed by atoms with van der Waals surface area (Å²) in [7, 11) is 2.14. The molecule has 1 saturated heterocycles. The molecule has 1 aromatic rings. The van der Waals surface area contributed by atoms with Crippen molar-refractivity contribution in [2.24, 2.45) is 0 Å². The molecule has 1 aliphatic rings. The molecule has 0 saturated carbocycles. The summed E-state index contributed by atoms with van der Waals surface area (Å²) in [6.07, 6.45) is 2.80. The van der Waals surface area contributed by atoms with Gasteiger partial charge >= 0.3 is 0 Å². The van der Waals surface area contributed by atoms with Crippen molar-refractivity contribution in [1.82, 2.24) is 9.88 Å². The molecule has 1 aromatic heterocycles. The van der Waals surface area contributed by atoms with E-state index < -0.39 is 0 Å². The SMILES string of the molecule is C=C(CC)c1cnc(N2CCN(C)CC2)c(Cl)c1. The summed E-state index contributed by atoms with van der Waals surface area (Å²) < 4.78 is 0. The van der Waals surface area contributed by atoms with Crippen LogP contribution in [0.2, 0.25) is 5.02 Å². The Morgan fingerprint density at radius 2 is 2.06 bits per heavy atom. The van der Waals surface area contributed by atoms with Crippen LogP contribution in [0.5, 0.6) is 0 Å². The van der Waals surface area contributed by atoms with Crippen molar-refractivity contribution in [1.29, 1.82) is 0 Å². The van der Waals surface area contributed by atoms with E-state index in [4.69, 9.17) is 11.6 Å². The minimum atomic E-state index is 0.728. The monoisotopic (exact) mass is 265 g/mol. The smallest absolute Gasteiger partial charge is 0.147 e. The minimum Gasteiger partial charge on any atom is -0.353 e. The minimum absolute atomic E-state index is 0.728. The van der Waals surface area contributed by atoms with Gasteiger partial charge in [-0.15, -0.1) is 0 Å². The lowest BCUT2D eigenvalue weighted by molar-refractivity contribution is 0.312. The number of piperazine rings is 1. The molecule has 3 nitrogen and oxygen atoms in total. The number of likely N-dealkylation sites (N-methyl/N-ethyl adjacent to an activating group) is 1. The van der Waals surface area contributed by atoms with Crippen molar-refractivity contribution in [3.8, 4) is 0 Å². The highest BCUT2D eigenvalue weighted by Gasteiger charge is 2.18. The quantitative estimate of drug-likeness (QED) is 0.838. The molecular weight excluding hydrogens is 246 g/mol. The molecule has 2 rings (SSSR count). The van der Waals surface area contributed by atoms with Crippen LogP contribution in [0.4, 0.5) is 5.82 Å². The van der Waals surface area contributed by atoms with Gasteiger partial charge in [-0.1, -0.05) is 25.1 Å². The molecule has 4 heteroatoms. The summed E-state index contributed by atoms with van der Waals surface area (Å²) in [5.74, 6) is 0.900. The summed E-state index contributed by atoms with van der Waals surface area (Å²) in [4.78, 5) is 9.08. The average Bonchev–Trinajstić information content (AvgIpc) is 2.39. The number of rotatable bonds is 3. The predicted octanol–water partition coefficient (Wildman–Crippen LogP) is 2.91. The molecule has 0 aliphatic carbocycles. The number of nitrogens with zero attached hydrogens (tertiary/aromatic N) is 3. The number of pyridine rings is 1. The largest absolute Gasteiger partial charge is 0.353 e. The molecule has 0 unspecified atom stereocenters. The Hall–Kier alpha value is -1.06. The maximum Gasteiger partial charge on any atom is 0.147 e.